The molecule has 0 saturated heterocycles. The van der Waals surface area contributed by atoms with E-state index < -0.39 is 0 Å². The van der Waals surface area contributed by atoms with Gasteiger partial charge >= 0.3 is 0 Å². The zero-order valence-corrected chi connectivity index (χ0v) is 10.9. The number of amides is 1. The van der Waals surface area contributed by atoms with Crippen molar-refractivity contribution in [1.29, 1.82) is 5.26 Å². The highest BCUT2D eigenvalue weighted by atomic mass is 16.2. The number of nitriles is 1. The minimum Gasteiger partial charge on any atom is -0.334 e. The standard InChI is InChI=1S/C16H13N3O/c17-9-13-5-7-18-10-15(13)16(20)19-8-6-12-3-1-2-4-14(12)11-19/h1-5,7,10H,6,8,11H2. The monoisotopic (exact) mass is 263 g/mol. The molecule has 0 atom stereocenters. The second-order valence-corrected chi connectivity index (χ2v) is 4.78. The van der Waals surface area contributed by atoms with Gasteiger partial charge in [-0.1, -0.05) is 24.3 Å². The lowest BCUT2D eigenvalue weighted by atomic mass is 9.99. The van der Waals surface area contributed by atoms with E-state index in [-0.39, 0.29) is 5.91 Å². The molecule has 1 aliphatic rings. The number of rotatable bonds is 1. The third-order valence-electron chi connectivity index (χ3n) is 3.59. The number of carbonyl (C=O) groups excluding carboxylic acids is 1. The molecule has 1 amide bonds. The van der Waals surface area contributed by atoms with E-state index in [2.05, 4.69) is 11.1 Å². The highest BCUT2D eigenvalue weighted by Crippen LogP contribution is 2.20. The third kappa shape index (κ3) is 2.14. The Morgan fingerprint density at radius 2 is 2.05 bits per heavy atom. The molecule has 0 fully saturated rings. The first kappa shape index (κ1) is 12.4. The molecule has 2 heterocycles. The van der Waals surface area contributed by atoms with E-state index in [0.29, 0.717) is 24.2 Å². The van der Waals surface area contributed by atoms with Crippen molar-refractivity contribution in [1.82, 2.24) is 9.88 Å². The van der Waals surface area contributed by atoms with Crippen LogP contribution in [0.1, 0.15) is 27.0 Å². The third-order valence-corrected chi connectivity index (χ3v) is 3.59. The van der Waals surface area contributed by atoms with E-state index in [1.807, 2.05) is 24.3 Å². The SMILES string of the molecule is N#Cc1ccncc1C(=O)N1CCc2ccccc2C1. The normalized spacial score (nSPS) is 13.4. The van der Waals surface area contributed by atoms with Gasteiger partial charge in [-0.2, -0.15) is 5.26 Å². The second-order valence-electron chi connectivity index (χ2n) is 4.78. The van der Waals surface area contributed by atoms with Gasteiger partial charge in [0.05, 0.1) is 11.1 Å². The van der Waals surface area contributed by atoms with Gasteiger partial charge in [0, 0.05) is 25.5 Å². The fraction of sp³-hybridized carbons (Fsp3) is 0.188. The average Bonchev–Trinajstić information content (AvgIpc) is 2.53. The molecule has 0 radical (unpaired) electrons. The Labute approximate surface area is 117 Å². The molecule has 0 spiro atoms. The average molecular weight is 263 g/mol. The van der Waals surface area contributed by atoms with Crippen molar-refractivity contribution in [3.8, 4) is 6.07 Å². The first-order valence-electron chi connectivity index (χ1n) is 6.50. The zero-order chi connectivity index (χ0) is 13.9. The molecule has 0 N–H and O–H groups in total. The number of pyridine rings is 1. The van der Waals surface area contributed by atoms with Crippen molar-refractivity contribution in [2.45, 2.75) is 13.0 Å². The quantitative estimate of drug-likeness (QED) is 0.792. The van der Waals surface area contributed by atoms with Crippen LogP contribution in [-0.2, 0) is 13.0 Å². The number of carbonyl (C=O) groups is 1. The smallest absolute Gasteiger partial charge is 0.257 e. The summed E-state index contributed by atoms with van der Waals surface area (Å²) in [5, 5.41) is 9.07. The Hall–Kier alpha value is -2.67. The molecule has 2 aromatic rings. The molecule has 0 unspecified atom stereocenters. The number of hydrogen-bond donors (Lipinski definition) is 0. The maximum Gasteiger partial charge on any atom is 0.257 e. The number of nitrogens with zero attached hydrogens (tertiary/aromatic N) is 3. The van der Waals surface area contributed by atoms with Crippen molar-refractivity contribution < 1.29 is 4.79 Å². The Morgan fingerprint density at radius 3 is 2.85 bits per heavy atom. The van der Waals surface area contributed by atoms with E-state index in [9.17, 15) is 4.79 Å². The van der Waals surface area contributed by atoms with E-state index >= 15 is 0 Å². The van der Waals surface area contributed by atoms with E-state index in [4.69, 9.17) is 5.26 Å². The summed E-state index contributed by atoms with van der Waals surface area (Å²) < 4.78 is 0. The van der Waals surface area contributed by atoms with Gasteiger partial charge in [-0.05, 0) is 23.6 Å². The van der Waals surface area contributed by atoms with Gasteiger partial charge in [0.25, 0.3) is 5.91 Å². The van der Waals surface area contributed by atoms with Gasteiger partial charge in [0.2, 0.25) is 0 Å². The summed E-state index contributed by atoms with van der Waals surface area (Å²) in [4.78, 5) is 18.3. The molecular formula is C16H13N3O. The predicted octanol–water partition coefficient (Wildman–Crippen LogP) is 2.15. The number of aromatic nitrogens is 1. The van der Waals surface area contributed by atoms with Crippen LogP contribution >= 0.6 is 0 Å². The molecular weight excluding hydrogens is 250 g/mol. The van der Waals surface area contributed by atoms with Crippen molar-refractivity contribution in [2.75, 3.05) is 6.54 Å². The maximum absolute atomic E-state index is 12.5. The highest BCUT2D eigenvalue weighted by Gasteiger charge is 2.23. The van der Waals surface area contributed by atoms with Crippen LogP contribution in [0.15, 0.2) is 42.7 Å². The first-order chi connectivity index (χ1) is 9.79. The van der Waals surface area contributed by atoms with Gasteiger partial charge in [0.1, 0.15) is 6.07 Å². The molecule has 3 rings (SSSR count). The Bertz CT molecular complexity index is 703. The van der Waals surface area contributed by atoms with Gasteiger partial charge in [0.15, 0.2) is 0 Å². The summed E-state index contributed by atoms with van der Waals surface area (Å²) in [5.74, 6) is -0.121. The summed E-state index contributed by atoms with van der Waals surface area (Å²) in [7, 11) is 0. The van der Waals surface area contributed by atoms with Crippen molar-refractivity contribution >= 4 is 5.91 Å². The van der Waals surface area contributed by atoms with Crippen LogP contribution in [0.4, 0.5) is 0 Å². The molecule has 98 valence electrons. The summed E-state index contributed by atoms with van der Waals surface area (Å²) in [6.07, 6.45) is 3.85. The fourth-order valence-corrected chi connectivity index (χ4v) is 2.50. The largest absolute Gasteiger partial charge is 0.334 e. The Balaban J connectivity index is 1.88. The Kier molecular flexibility index (Phi) is 3.18. The van der Waals surface area contributed by atoms with Crippen LogP contribution < -0.4 is 0 Å². The van der Waals surface area contributed by atoms with Crippen LogP contribution in [0.2, 0.25) is 0 Å². The van der Waals surface area contributed by atoms with Crippen LogP contribution in [-0.4, -0.2) is 22.3 Å². The van der Waals surface area contributed by atoms with Crippen molar-refractivity contribution in [3.63, 3.8) is 0 Å². The van der Waals surface area contributed by atoms with Crippen LogP contribution in [0, 0.1) is 11.3 Å². The lowest BCUT2D eigenvalue weighted by molar-refractivity contribution is 0.0734. The number of hydrogen-bond acceptors (Lipinski definition) is 3. The molecule has 0 saturated carbocycles. The highest BCUT2D eigenvalue weighted by molar-refractivity contribution is 5.96. The van der Waals surface area contributed by atoms with Crippen molar-refractivity contribution in [2.24, 2.45) is 0 Å². The van der Waals surface area contributed by atoms with Crippen LogP contribution in [0.3, 0.4) is 0 Å². The van der Waals surface area contributed by atoms with Gasteiger partial charge in [-0.3, -0.25) is 9.78 Å². The molecule has 1 aromatic heterocycles. The number of fused-ring (bicyclic) bond motifs is 1. The molecule has 20 heavy (non-hydrogen) atoms. The lowest BCUT2D eigenvalue weighted by Crippen LogP contribution is -2.36. The summed E-state index contributed by atoms with van der Waals surface area (Å²) in [6, 6.07) is 11.8. The van der Waals surface area contributed by atoms with E-state index in [0.717, 1.165) is 6.42 Å². The first-order valence-corrected chi connectivity index (χ1v) is 6.50. The molecule has 1 aliphatic heterocycles. The molecule has 0 aliphatic carbocycles. The maximum atomic E-state index is 12.5. The number of benzene rings is 1. The molecule has 0 bridgehead atoms. The zero-order valence-electron chi connectivity index (χ0n) is 10.9. The minimum atomic E-state index is -0.121. The van der Waals surface area contributed by atoms with Gasteiger partial charge in [-0.25, -0.2) is 0 Å². The predicted molar refractivity (Wildman–Crippen MR) is 73.8 cm³/mol. The van der Waals surface area contributed by atoms with Crippen LogP contribution in [0.5, 0.6) is 0 Å². The molecule has 1 aromatic carbocycles. The molecule has 4 nitrogen and oxygen atoms in total. The van der Waals surface area contributed by atoms with Gasteiger partial charge in [-0.15, -0.1) is 0 Å². The van der Waals surface area contributed by atoms with E-state index in [1.165, 1.54) is 23.5 Å². The van der Waals surface area contributed by atoms with Gasteiger partial charge < -0.3 is 4.90 Å². The van der Waals surface area contributed by atoms with E-state index in [1.54, 1.807) is 11.0 Å². The molecule has 4 heteroatoms. The van der Waals surface area contributed by atoms with Crippen LogP contribution in [0.25, 0.3) is 0 Å². The fourth-order valence-electron chi connectivity index (χ4n) is 2.50. The summed E-state index contributed by atoms with van der Waals surface area (Å²) in [6.45, 7) is 1.27. The lowest BCUT2D eigenvalue weighted by Gasteiger charge is -2.29. The van der Waals surface area contributed by atoms with Crippen molar-refractivity contribution in [3.05, 3.63) is 65.0 Å². The minimum absolute atomic E-state index is 0.121. The summed E-state index contributed by atoms with van der Waals surface area (Å²) >= 11 is 0. The summed E-state index contributed by atoms with van der Waals surface area (Å²) in [5.41, 5.74) is 3.23. The topological polar surface area (TPSA) is 57.0 Å². The Morgan fingerprint density at radius 1 is 1.25 bits per heavy atom. The second kappa shape index (κ2) is 5.14.